The Morgan fingerprint density at radius 2 is 1.68 bits per heavy atom. The van der Waals surface area contributed by atoms with Crippen LogP contribution in [0.1, 0.15) is 10.4 Å². The van der Waals surface area contributed by atoms with Gasteiger partial charge in [-0.3, -0.25) is 4.79 Å². The number of nitrogens with one attached hydrogen (secondary N) is 1. The van der Waals surface area contributed by atoms with E-state index in [4.69, 9.17) is 9.15 Å². The van der Waals surface area contributed by atoms with E-state index < -0.39 is 5.63 Å². The summed E-state index contributed by atoms with van der Waals surface area (Å²) in [7, 11) is 1.52. The molecule has 0 unspecified atom stereocenters. The second kappa shape index (κ2) is 7.40. The van der Waals surface area contributed by atoms with E-state index in [2.05, 4.69) is 5.32 Å². The van der Waals surface area contributed by atoms with Gasteiger partial charge in [0.25, 0.3) is 5.91 Å². The number of ether oxygens (including phenoxy) is 1. The van der Waals surface area contributed by atoms with Crippen LogP contribution in [0.5, 0.6) is 5.75 Å². The standard InChI is InChI=1S/C23H17NO4/c1-27-16-11-12-18-19(14-22(25)28-21(18)13-16)23(26)24-20-10-6-5-9-17(20)15-7-3-2-4-8-15/h2-14H,1H3,(H,24,26). The fraction of sp³-hybridized carbons (Fsp3) is 0.0435. The van der Waals surface area contributed by atoms with Crippen LogP contribution in [0.2, 0.25) is 0 Å². The van der Waals surface area contributed by atoms with Crippen LogP contribution in [0.4, 0.5) is 5.69 Å². The molecule has 0 bridgehead atoms. The summed E-state index contributed by atoms with van der Waals surface area (Å²) in [4.78, 5) is 25.0. The summed E-state index contributed by atoms with van der Waals surface area (Å²) >= 11 is 0. The molecule has 28 heavy (non-hydrogen) atoms. The number of carbonyl (C=O) groups excluding carboxylic acids is 1. The fourth-order valence-corrected chi connectivity index (χ4v) is 3.11. The molecule has 0 fully saturated rings. The van der Waals surface area contributed by atoms with Gasteiger partial charge in [0.1, 0.15) is 11.3 Å². The lowest BCUT2D eigenvalue weighted by Gasteiger charge is -2.12. The Kier molecular flexibility index (Phi) is 4.64. The zero-order valence-corrected chi connectivity index (χ0v) is 15.1. The molecule has 0 aliphatic carbocycles. The Balaban J connectivity index is 1.76. The number of para-hydroxylation sites is 1. The summed E-state index contributed by atoms with van der Waals surface area (Å²) in [6.45, 7) is 0. The molecule has 4 aromatic rings. The van der Waals surface area contributed by atoms with Crippen molar-refractivity contribution in [1.82, 2.24) is 0 Å². The van der Waals surface area contributed by atoms with Crippen molar-refractivity contribution in [3.63, 3.8) is 0 Å². The quantitative estimate of drug-likeness (QED) is 0.527. The Morgan fingerprint density at radius 3 is 2.46 bits per heavy atom. The van der Waals surface area contributed by atoms with Gasteiger partial charge in [-0.1, -0.05) is 48.5 Å². The van der Waals surface area contributed by atoms with Crippen molar-refractivity contribution >= 4 is 22.6 Å². The van der Waals surface area contributed by atoms with Gasteiger partial charge >= 0.3 is 5.63 Å². The predicted octanol–water partition coefficient (Wildman–Crippen LogP) is 4.72. The predicted molar refractivity (Wildman–Crippen MR) is 109 cm³/mol. The molecule has 1 aromatic heterocycles. The van der Waals surface area contributed by atoms with Crippen molar-refractivity contribution in [3.05, 3.63) is 94.8 Å². The van der Waals surface area contributed by atoms with Crippen LogP contribution in [0.15, 0.2) is 88.1 Å². The summed E-state index contributed by atoms with van der Waals surface area (Å²) < 4.78 is 10.4. The minimum Gasteiger partial charge on any atom is -0.497 e. The van der Waals surface area contributed by atoms with Crippen LogP contribution in [0.25, 0.3) is 22.1 Å². The van der Waals surface area contributed by atoms with Gasteiger partial charge in [-0.25, -0.2) is 4.79 Å². The summed E-state index contributed by atoms with van der Waals surface area (Å²) in [5, 5.41) is 3.46. The van der Waals surface area contributed by atoms with E-state index in [1.807, 2.05) is 54.6 Å². The third-order valence-corrected chi connectivity index (χ3v) is 4.46. The van der Waals surface area contributed by atoms with Crippen molar-refractivity contribution in [3.8, 4) is 16.9 Å². The zero-order chi connectivity index (χ0) is 19.5. The average Bonchev–Trinajstić information content (AvgIpc) is 2.73. The third kappa shape index (κ3) is 3.38. The molecule has 4 rings (SSSR count). The number of hydrogen-bond acceptors (Lipinski definition) is 4. The van der Waals surface area contributed by atoms with Gasteiger partial charge < -0.3 is 14.5 Å². The first-order valence-corrected chi connectivity index (χ1v) is 8.73. The normalized spacial score (nSPS) is 10.6. The highest BCUT2D eigenvalue weighted by molar-refractivity contribution is 6.13. The van der Waals surface area contributed by atoms with E-state index in [0.717, 1.165) is 11.1 Å². The molecule has 0 spiro atoms. The largest absolute Gasteiger partial charge is 0.497 e. The lowest BCUT2D eigenvalue weighted by Crippen LogP contribution is -2.15. The van der Waals surface area contributed by atoms with Gasteiger partial charge in [-0.05, 0) is 23.8 Å². The van der Waals surface area contributed by atoms with E-state index in [1.165, 1.54) is 13.2 Å². The molecule has 0 aliphatic heterocycles. The van der Waals surface area contributed by atoms with Gasteiger partial charge in [0.05, 0.1) is 12.7 Å². The van der Waals surface area contributed by atoms with Crippen LogP contribution in [-0.4, -0.2) is 13.0 Å². The van der Waals surface area contributed by atoms with E-state index >= 15 is 0 Å². The van der Waals surface area contributed by atoms with Gasteiger partial charge in [0.2, 0.25) is 0 Å². The lowest BCUT2D eigenvalue weighted by atomic mass is 10.0. The number of fused-ring (bicyclic) bond motifs is 1. The molecule has 0 aliphatic rings. The second-order valence-corrected chi connectivity index (χ2v) is 6.21. The molecule has 5 heteroatoms. The van der Waals surface area contributed by atoms with Gasteiger partial charge in [0, 0.05) is 28.8 Å². The molecule has 0 saturated heterocycles. The number of carbonyl (C=O) groups is 1. The Bertz CT molecular complexity index is 1210. The topological polar surface area (TPSA) is 68.5 Å². The van der Waals surface area contributed by atoms with E-state index in [9.17, 15) is 9.59 Å². The van der Waals surface area contributed by atoms with Gasteiger partial charge in [-0.15, -0.1) is 0 Å². The minimum atomic E-state index is -0.595. The Hall–Kier alpha value is -3.86. The van der Waals surface area contributed by atoms with Gasteiger partial charge in [0.15, 0.2) is 0 Å². The maximum Gasteiger partial charge on any atom is 0.337 e. The maximum absolute atomic E-state index is 13.0. The molecule has 0 saturated carbocycles. The highest BCUT2D eigenvalue weighted by atomic mass is 16.5. The molecule has 5 nitrogen and oxygen atoms in total. The Morgan fingerprint density at radius 1 is 0.929 bits per heavy atom. The van der Waals surface area contributed by atoms with E-state index in [-0.39, 0.29) is 11.5 Å². The van der Waals surface area contributed by atoms with Crippen LogP contribution in [-0.2, 0) is 0 Å². The number of hydrogen-bond donors (Lipinski definition) is 1. The lowest BCUT2D eigenvalue weighted by molar-refractivity contribution is 0.102. The average molecular weight is 371 g/mol. The molecule has 0 atom stereocenters. The Labute approximate surface area is 161 Å². The third-order valence-electron chi connectivity index (χ3n) is 4.46. The molecule has 3 aromatic carbocycles. The van der Waals surface area contributed by atoms with E-state index in [0.29, 0.717) is 22.4 Å². The highest BCUT2D eigenvalue weighted by Crippen LogP contribution is 2.29. The van der Waals surface area contributed by atoms with Crippen molar-refractivity contribution in [2.45, 2.75) is 0 Å². The SMILES string of the molecule is COc1ccc2c(C(=O)Nc3ccccc3-c3ccccc3)cc(=O)oc2c1. The zero-order valence-electron chi connectivity index (χ0n) is 15.1. The monoisotopic (exact) mass is 371 g/mol. The number of amides is 1. The van der Waals surface area contributed by atoms with Crippen molar-refractivity contribution < 1.29 is 13.9 Å². The molecule has 0 radical (unpaired) electrons. The van der Waals surface area contributed by atoms with Gasteiger partial charge in [-0.2, -0.15) is 0 Å². The minimum absolute atomic E-state index is 0.247. The molecular weight excluding hydrogens is 354 g/mol. The summed E-state index contributed by atoms with van der Waals surface area (Å²) in [5.41, 5.74) is 2.49. The first-order valence-electron chi connectivity index (χ1n) is 8.73. The molecule has 138 valence electrons. The van der Waals surface area contributed by atoms with Crippen LogP contribution in [0.3, 0.4) is 0 Å². The smallest absolute Gasteiger partial charge is 0.337 e. The van der Waals surface area contributed by atoms with Crippen molar-refractivity contribution in [1.29, 1.82) is 0 Å². The summed E-state index contributed by atoms with van der Waals surface area (Å²) in [5.74, 6) is 0.161. The molecule has 1 heterocycles. The second-order valence-electron chi connectivity index (χ2n) is 6.21. The molecule has 1 amide bonds. The number of anilines is 1. The summed E-state index contributed by atoms with van der Waals surface area (Å²) in [6, 6.07) is 23.5. The fourth-order valence-electron chi connectivity index (χ4n) is 3.11. The molecular formula is C23H17NO4. The number of methoxy groups -OCH3 is 1. The number of rotatable bonds is 4. The first-order chi connectivity index (χ1) is 13.7. The van der Waals surface area contributed by atoms with Crippen LogP contribution in [0, 0.1) is 0 Å². The van der Waals surface area contributed by atoms with Crippen molar-refractivity contribution in [2.24, 2.45) is 0 Å². The number of benzene rings is 3. The van der Waals surface area contributed by atoms with E-state index in [1.54, 1.807) is 18.2 Å². The van der Waals surface area contributed by atoms with Crippen LogP contribution >= 0.6 is 0 Å². The first kappa shape index (κ1) is 17.5. The van der Waals surface area contributed by atoms with Crippen molar-refractivity contribution in [2.75, 3.05) is 12.4 Å². The summed E-state index contributed by atoms with van der Waals surface area (Å²) in [6.07, 6.45) is 0. The molecule has 1 N–H and O–H groups in total. The van der Waals surface area contributed by atoms with Crippen LogP contribution < -0.4 is 15.7 Å². The highest BCUT2D eigenvalue weighted by Gasteiger charge is 2.16. The maximum atomic E-state index is 13.0.